The lowest BCUT2D eigenvalue weighted by molar-refractivity contribution is -0.458. The number of rotatable bonds is 11. The molecule has 0 heterocycles. The van der Waals surface area contributed by atoms with E-state index < -0.39 is 75.4 Å². The van der Waals surface area contributed by atoms with E-state index in [1.165, 1.54) is 6.92 Å². The molecule has 0 amide bonds. The Kier molecular flexibility index (Phi) is 8.51. The van der Waals surface area contributed by atoms with Gasteiger partial charge in [-0.05, 0) is 6.42 Å². The smallest absolute Gasteiger partial charge is 0.234 e. The van der Waals surface area contributed by atoms with Crippen LogP contribution in [0.4, 0.5) is 79.1 Å². The molecule has 0 saturated heterocycles. The van der Waals surface area contributed by atoms with Crippen molar-refractivity contribution in [3.63, 3.8) is 0 Å². The van der Waals surface area contributed by atoms with Crippen LogP contribution in [0.15, 0.2) is 0 Å². The molecular formula is C12H9F18NOS. The molecule has 0 bridgehead atoms. The van der Waals surface area contributed by atoms with Crippen LogP contribution >= 0.6 is 0 Å². The fourth-order valence-corrected chi connectivity index (χ4v) is 2.64. The van der Waals surface area contributed by atoms with Gasteiger partial charge < -0.3 is 0 Å². The summed E-state index contributed by atoms with van der Waals surface area (Å²) in [7, 11) is -5.40. The summed E-state index contributed by atoms with van der Waals surface area (Å²) >= 11 is 0. The molecule has 200 valence electrons. The topological polar surface area (TPSA) is 20.3 Å². The maximum Gasteiger partial charge on any atom is 0.460 e. The van der Waals surface area contributed by atoms with Crippen molar-refractivity contribution in [2.75, 3.05) is 6.54 Å². The molecule has 0 aliphatic rings. The average molecular weight is 557 g/mol. The van der Waals surface area contributed by atoms with Crippen LogP contribution in [0.25, 0.3) is 0 Å². The van der Waals surface area contributed by atoms with E-state index in [9.17, 15) is 83.3 Å². The second kappa shape index (κ2) is 8.81. The first-order chi connectivity index (χ1) is 14.1. The van der Waals surface area contributed by atoms with Crippen molar-refractivity contribution in [1.29, 1.82) is 0 Å². The first-order valence-electron chi connectivity index (χ1n) is 7.71. The van der Waals surface area contributed by atoms with Gasteiger partial charge in [-0.2, -0.15) is 74.6 Å². The summed E-state index contributed by atoms with van der Waals surface area (Å²) in [6.07, 6.45) is -8.64. The molecule has 0 aromatic carbocycles. The minimum Gasteiger partial charge on any atom is -0.234 e. The van der Waals surface area contributed by atoms with Gasteiger partial charge in [0.1, 0.15) is 0 Å². The third-order valence-electron chi connectivity index (χ3n) is 3.78. The van der Waals surface area contributed by atoms with E-state index in [0.29, 0.717) is 0 Å². The summed E-state index contributed by atoms with van der Waals surface area (Å²) in [6, 6.07) is 0. The summed E-state index contributed by atoms with van der Waals surface area (Å²) in [6.45, 7) is -0.347. The highest BCUT2D eigenvalue weighted by atomic mass is 32.2. The monoisotopic (exact) mass is 557 g/mol. The summed E-state index contributed by atoms with van der Waals surface area (Å²) in [4.78, 5) is 0. The number of halogens is 18. The Hall–Kier alpha value is -1.15. The molecule has 33 heavy (non-hydrogen) atoms. The Labute approximate surface area is 173 Å². The summed E-state index contributed by atoms with van der Waals surface area (Å²) in [5.74, 6) is -51.3. The Balaban J connectivity index is 6.68. The third-order valence-corrected chi connectivity index (χ3v) is 5.02. The Morgan fingerprint density at radius 3 is 1.18 bits per heavy atom. The van der Waals surface area contributed by atoms with Gasteiger partial charge in [-0.15, -0.1) is 4.48 Å². The minimum atomic E-state index is -8.79. The molecule has 0 N–H and O–H groups in total. The van der Waals surface area contributed by atoms with Crippen molar-refractivity contribution in [3.05, 3.63) is 0 Å². The van der Waals surface area contributed by atoms with Crippen LogP contribution in [0, 0.1) is 0 Å². The normalized spacial score (nSPS) is 17.0. The van der Waals surface area contributed by atoms with Crippen LogP contribution in [0.3, 0.4) is 0 Å². The Morgan fingerprint density at radius 1 is 0.576 bits per heavy atom. The second-order valence-electron chi connectivity index (χ2n) is 6.10. The van der Waals surface area contributed by atoms with E-state index in [1.54, 1.807) is 0 Å². The highest BCUT2D eigenvalue weighted by molar-refractivity contribution is 7.83. The molecule has 1 atom stereocenters. The van der Waals surface area contributed by atoms with Gasteiger partial charge in [0.15, 0.2) is 0 Å². The molecule has 21 heteroatoms. The highest BCUT2D eigenvalue weighted by Crippen LogP contribution is 2.64. The van der Waals surface area contributed by atoms with E-state index in [4.69, 9.17) is 0 Å². The van der Waals surface area contributed by atoms with Gasteiger partial charge in [-0.25, -0.2) is 4.21 Å². The molecule has 0 spiro atoms. The molecule has 0 aliphatic carbocycles. The van der Waals surface area contributed by atoms with Gasteiger partial charge in [0.25, 0.3) is 0 Å². The van der Waals surface area contributed by atoms with E-state index in [2.05, 4.69) is 0 Å². The van der Waals surface area contributed by atoms with Gasteiger partial charge >= 0.3 is 47.0 Å². The quantitative estimate of drug-likeness (QED) is 0.207. The molecule has 0 aromatic heterocycles. The fourth-order valence-electron chi connectivity index (χ4n) is 1.75. The lowest BCUT2D eigenvalue weighted by atomic mass is 9.91. The van der Waals surface area contributed by atoms with E-state index in [-0.39, 0.29) is 6.42 Å². The predicted octanol–water partition coefficient (Wildman–Crippen LogP) is 6.60. The van der Waals surface area contributed by atoms with Crippen LogP contribution < -0.4 is 0 Å². The van der Waals surface area contributed by atoms with Crippen LogP contribution in [-0.2, 0) is 11.0 Å². The van der Waals surface area contributed by atoms with E-state index >= 15 is 0 Å². The largest absolute Gasteiger partial charge is 0.460 e. The van der Waals surface area contributed by atoms with Crippen molar-refractivity contribution in [2.45, 2.75) is 66.7 Å². The van der Waals surface area contributed by atoms with Gasteiger partial charge in [-0.1, -0.05) is 17.9 Å². The molecule has 1 unspecified atom stereocenters. The van der Waals surface area contributed by atoms with Crippen molar-refractivity contribution < 1.29 is 83.3 Å². The summed E-state index contributed by atoms with van der Waals surface area (Å²) < 4.78 is 244. The zero-order valence-corrected chi connectivity index (χ0v) is 16.0. The number of hydrogen-bond donors (Lipinski definition) is 0. The zero-order valence-electron chi connectivity index (χ0n) is 15.2. The molecule has 0 radical (unpaired) electrons. The van der Waals surface area contributed by atoms with Gasteiger partial charge in [0, 0.05) is 6.54 Å². The van der Waals surface area contributed by atoms with Crippen LogP contribution in [0.1, 0.15) is 19.8 Å². The molecular weight excluding hydrogens is 548 g/mol. The first-order valence-corrected chi connectivity index (χ1v) is 8.82. The highest BCUT2D eigenvalue weighted by Gasteiger charge is 2.95. The number of unbranched alkanes of at least 4 members (excludes halogenated alkanes) is 1. The zero-order chi connectivity index (χ0) is 27.3. The van der Waals surface area contributed by atoms with Crippen LogP contribution in [0.2, 0.25) is 0 Å². The third kappa shape index (κ3) is 4.46. The second-order valence-corrected chi connectivity index (χ2v) is 7.51. The SMILES string of the molecule is CCCCN(F)S(=O)C(F)(F)C(F)(F)C(F)(F)C(F)(F)C(F)(F)C(F)(F)C(F)(F)C(F)(F)F. The van der Waals surface area contributed by atoms with Crippen LogP contribution in [0.5, 0.6) is 0 Å². The molecule has 0 aliphatic heterocycles. The summed E-state index contributed by atoms with van der Waals surface area (Å²) in [5.41, 5.74) is 0. The van der Waals surface area contributed by atoms with Crippen molar-refractivity contribution in [2.24, 2.45) is 0 Å². The molecule has 0 fully saturated rings. The maximum absolute atomic E-state index is 13.5. The summed E-state index contributed by atoms with van der Waals surface area (Å²) in [5, 5.41) is -7.31. The van der Waals surface area contributed by atoms with Crippen molar-refractivity contribution >= 4 is 11.0 Å². The number of hydrogen-bond acceptors (Lipinski definition) is 1. The van der Waals surface area contributed by atoms with Crippen molar-refractivity contribution in [3.8, 4) is 0 Å². The Bertz CT molecular complexity index is 716. The maximum atomic E-state index is 13.5. The predicted molar refractivity (Wildman–Crippen MR) is 71.5 cm³/mol. The van der Waals surface area contributed by atoms with E-state index in [0.717, 1.165) is 0 Å². The number of nitrogens with zero attached hydrogens (tertiary/aromatic N) is 1. The van der Waals surface area contributed by atoms with Gasteiger partial charge in [0.05, 0.1) is 0 Å². The fraction of sp³-hybridized carbons (Fsp3) is 1.00. The lowest BCUT2D eigenvalue weighted by Gasteiger charge is -2.42. The molecule has 0 aromatic rings. The molecule has 2 nitrogen and oxygen atoms in total. The lowest BCUT2D eigenvalue weighted by Crippen LogP contribution is -2.74. The van der Waals surface area contributed by atoms with E-state index in [1.807, 2.05) is 0 Å². The van der Waals surface area contributed by atoms with Gasteiger partial charge in [0.2, 0.25) is 11.0 Å². The average Bonchev–Trinajstić information content (AvgIpc) is 2.63. The first kappa shape index (κ1) is 31.8. The van der Waals surface area contributed by atoms with Crippen molar-refractivity contribution in [1.82, 2.24) is 4.53 Å². The number of alkyl halides is 17. The minimum absolute atomic E-state index is 0.164. The van der Waals surface area contributed by atoms with Crippen LogP contribution in [-0.4, -0.2) is 62.2 Å². The molecule has 0 saturated carbocycles. The van der Waals surface area contributed by atoms with Gasteiger partial charge in [-0.3, -0.25) is 0 Å². The standard InChI is InChI=1S/C12H9F18NOS/c1-2-3-4-31(30)33(32)12(28,29)10(23,24)8(19,20)6(15,16)5(13,14)7(17,18)9(21,22)11(25,26)27/h2-4H2,1H3. The molecule has 0 rings (SSSR count). The Morgan fingerprint density at radius 2 is 0.879 bits per heavy atom.